The molecule has 0 saturated carbocycles. The van der Waals surface area contributed by atoms with Gasteiger partial charge < -0.3 is 30.7 Å². The third-order valence-corrected chi connectivity index (χ3v) is 8.49. The molecule has 44 heavy (non-hydrogen) atoms. The number of hydrogen-bond acceptors (Lipinski definition) is 6. The molecule has 4 atom stereocenters. The number of nitrogens with zero attached hydrogens (tertiary/aromatic N) is 2. The van der Waals surface area contributed by atoms with E-state index in [1.165, 1.54) is 9.80 Å². The van der Waals surface area contributed by atoms with Crippen LogP contribution < -0.4 is 15.8 Å². The van der Waals surface area contributed by atoms with Crippen molar-refractivity contribution in [1.82, 2.24) is 15.1 Å². The molecule has 3 amide bonds. The van der Waals surface area contributed by atoms with Gasteiger partial charge in [-0.15, -0.1) is 0 Å². The van der Waals surface area contributed by atoms with Gasteiger partial charge in [-0.1, -0.05) is 55.8 Å². The number of carboxylic acids is 1. The van der Waals surface area contributed by atoms with Crippen LogP contribution in [0.4, 0.5) is 0 Å². The normalized spacial score (nSPS) is 19.4. The van der Waals surface area contributed by atoms with Crippen LogP contribution in [0.25, 0.3) is 0 Å². The molecule has 0 unspecified atom stereocenters. The standard InChI is InChI=1S/C34H46N4O6/c1-2-3-21-44-27-16-13-25(14-17-27)23-28(36-31(39)18-15-26(35)22-24-9-5-4-6-10-24)32(40)37-19-7-11-29(37)33(41)38-20-8-12-30(38)34(42)43/h4-6,9-10,13-14,16-17,26,28-30H,2-3,7-8,11-12,15,18-23,35H2,1H3,(H,36,39)(H,42,43)/t26-,28+,29+,30+/m1/s1. The van der Waals surface area contributed by atoms with E-state index in [4.69, 9.17) is 10.5 Å². The van der Waals surface area contributed by atoms with Crippen LogP contribution in [0.15, 0.2) is 54.6 Å². The molecule has 4 rings (SSSR count). The molecule has 2 aliphatic rings. The molecule has 238 valence electrons. The minimum Gasteiger partial charge on any atom is -0.494 e. The zero-order chi connectivity index (χ0) is 31.5. The van der Waals surface area contributed by atoms with Crippen LogP contribution in [0.5, 0.6) is 5.75 Å². The Labute approximate surface area is 259 Å². The Morgan fingerprint density at radius 2 is 1.59 bits per heavy atom. The summed E-state index contributed by atoms with van der Waals surface area (Å²) in [6.07, 6.45) is 5.63. The predicted molar refractivity (Wildman–Crippen MR) is 167 cm³/mol. The maximum absolute atomic E-state index is 14.0. The topological polar surface area (TPSA) is 142 Å². The van der Waals surface area contributed by atoms with Crippen molar-refractivity contribution in [2.24, 2.45) is 5.73 Å². The molecular weight excluding hydrogens is 560 g/mol. The molecule has 0 radical (unpaired) electrons. The molecule has 0 spiro atoms. The minimum absolute atomic E-state index is 0.165. The first kappa shape index (κ1) is 33.0. The number of carbonyl (C=O) groups excluding carboxylic acids is 3. The van der Waals surface area contributed by atoms with Crippen LogP contribution in [0.1, 0.15) is 69.4 Å². The molecule has 2 heterocycles. The number of carbonyl (C=O) groups is 4. The number of nitrogens with one attached hydrogen (secondary N) is 1. The summed E-state index contributed by atoms with van der Waals surface area (Å²) in [5, 5.41) is 12.6. The third-order valence-electron chi connectivity index (χ3n) is 8.49. The average Bonchev–Trinajstić information content (AvgIpc) is 3.71. The van der Waals surface area contributed by atoms with Crippen molar-refractivity contribution in [3.63, 3.8) is 0 Å². The summed E-state index contributed by atoms with van der Waals surface area (Å²) in [7, 11) is 0. The second kappa shape index (κ2) is 16.2. The Kier molecular flexibility index (Phi) is 12.2. The zero-order valence-corrected chi connectivity index (χ0v) is 25.7. The predicted octanol–water partition coefficient (Wildman–Crippen LogP) is 3.31. The first-order valence-electron chi connectivity index (χ1n) is 15.9. The molecule has 0 aromatic heterocycles. The first-order valence-corrected chi connectivity index (χ1v) is 15.9. The molecule has 0 aliphatic carbocycles. The summed E-state index contributed by atoms with van der Waals surface area (Å²) in [5.74, 6) is -1.22. The van der Waals surface area contributed by atoms with Gasteiger partial charge in [0.25, 0.3) is 0 Å². The number of hydrogen-bond donors (Lipinski definition) is 3. The largest absolute Gasteiger partial charge is 0.494 e. The van der Waals surface area contributed by atoms with E-state index < -0.39 is 24.1 Å². The monoisotopic (exact) mass is 606 g/mol. The van der Waals surface area contributed by atoms with E-state index in [2.05, 4.69) is 12.2 Å². The summed E-state index contributed by atoms with van der Waals surface area (Å²) in [6, 6.07) is 14.7. The van der Waals surface area contributed by atoms with Crippen molar-refractivity contribution in [2.45, 2.75) is 95.3 Å². The fourth-order valence-electron chi connectivity index (χ4n) is 6.06. The SMILES string of the molecule is CCCCOc1ccc(C[C@H](NC(=O)CC[C@@H](N)Cc2ccccc2)C(=O)N2CCC[C@H]2C(=O)N2CCC[C@H]2C(=O)O)cc1. The van der Waals surface area contributed by atoms with Crippen LogP contribution >= 0.6 is 0 Å². The van der Waals surface area contributed by atoms with Crippen LogP contribution in [0.2, 0.25) is 0 Å². The van der Waals surface area contributed by atoms with E-state index in [0.29, 0.717) is 58.2 Å². The molecule has 2 aromatic rings. The summed E-state index contributed by atoms with van der Waals surface area (Å²) in [4.78, 5) is 55.4. The van der Waals surface area contributed by atoms with Crippen LogP contribution in [-0.2, 0) is 32.0 Å². The maximum atomic E-state index is 14.0. The van der Waals surface area contributed by atoms with Gasteiger partial charge in [-0.05, 0) is 68.2 Å². The number of benzene rings is 2. The van der Waals surface area contributed by atoms with Crippen LogP contribution in [0, 0.1) is 0 Å². The number of rotatable bonds is 15. The van der Waals surface area contributed by atoms with E-state index in [1.807, 2.05) is 54.6 Å². The van der Waals surface area contributed by atoms with E-state index in [9.17, 15) is 24.3 Å². The van der Waals surface area contributed by atoms with Gasteiger partial charge in [-0.3, -0.25) is 14.4 Å². The number of nitrogens with two attached hydrogens (primary N) is 1. The van der Waals surface area contributed by atoms with Gasteiger partial charge >= 0.3 is 5.97 Å². The van der Waals surface area contributed by atoms with Gasteiger partial charge in [0, 0.05) is 32.0 Å². The smallest absolute Gasteiger partial charge is 0.326 e. The lowest BCUT2D eigenvalue weighted by atomic mass is 10.0. The lowest BCUT2D eigenvalue weighted by molar-refractivity contribution is -0.152. The van der Waals surface area contributed by atoms with Crippen molar-refractivity contribution in [1.29, 1.82) is 0 Å². The number of amides is 3. The molecule has 2 aliphatic heterocycles. The second-order valence-corrected chi connectivity index (χ2v) is 11.9. The highest BCUT2D eigenvalue weighted by atomic mass is 16.5. The Bertz CT molecular complexity index is 1250. The lowest BCUT2D eigenvalue weighted by Crippen LogP contribution is -2.56. The number of unbranched alkanes of at least 4 members (excludes halogenated alkanes) is 1. The van der Waals surface area contributed by atoms with Gasteiger partial charge in [0.05, 0.1) is 6.61 Å². The van der Waals surface area contributed by atoms with Gasteiger partial charge in [-0.25, -0.2) is 4.79 Å². The van der Waals surface area contributed by atoms with Crippen molar-refractivity contribution >= 4 is 23.7 Å². The summed E-state index contributed by atoms with van der Waals surface area (Å²) in [6.45, 7) is 3.47. The highest BCUT2D eigenvalue weighted by Crippen LogP contribution is 2.26. The van der Waals surface area contributed by atoms with E-state index in [-0.39, 0.29) is 36.6 Å². The maximum Gasteiger partial charge on any atom is 0.326 e. The fourth-order valence-corrected chi connectivity index (χ4v) is 6.06. The first-order chi connectivity index (χ1) is 21.3. The minimum atomic E-state index is -1.02. The summed E-state index contributed by atoms with van der Waals surface area (Å²) < 4.78 is 5.77. The van der Waals surface area contributed by atoms with Crippen LogP contribution in [-0.4, -0.2) is 82.5 Å². The molecule has 0 bridgehead atoms. The van der Waals surface area contributed by atoms with Crippen LogP contribution in [0.3, 0.4) is 0 Å². The Morgan fingerprint density at radius 3 is 2.27 bits per heavy atom. The molecule has 2 fully saturated rings. The van der Waals surface area contributed by atoms with E-state index >= 15 is 0 Å². The fraction of sp³-hybridized carbons (Fsp3) is 0.529. The number of likely N-dealkylation sites (tertiary alicyclic amines) is 2. The van der Waals surface area contributed by atoms with Gasteiger partial charge in [0.1, 0.15) is 23.9 Å². The zero-order valence-electron chi connectivity index (χ0n) is 25.7. The van der Waals surface area contributed by atoms with Crippen molar-refractivity contribution in [2.75, 3.05) is 19.7 Å². The van der Waals surface area contributed by atoms with Crippen molar-refractivity contribution in [3.8, 4) is 5.75 Å². The average molecular weight is 607 g/mol. The highest BCUT2D eigenvalue weighted by Gasteiger charge is 2.43. The van der Waals surface area contributed by atoms with Gasteiger partial charge in [-0.2, -0.15) is 0 Å². The molecule has 2 aromatic carbocycles. The van der Waals surface area contributed by atoms with Gasteiger partial charge in [0.15, 0.2) is 0 Å². The van der Waals surface area contributed by atoms with E-state index in [1.54, 1.807) is 0 Å². The second-order valence-electron chi connectivity index (χ2n) is 11.9. The summed E-state index contributed by atoms with van der Waals surface area (Å²) in [5.41, 5.74) is 8.27. The number of carboxylic acid groups (broad SMARTS) is 1. The molecule has 10 nitrogen and oxygen atoms in total. The quantitative estimate of drug-likeness (QED) is 0.264. The van der Waals surface area contributed by atoms with Crippen molar-refractivity contribution < 1.29 is 29.0 Å². The highest BCUT2D eigenvalue weighted by molar-refractivity contribution is 5.94. The molecular formula is C34H46N4O6. The Balaban J connectivity index is 1.45. The number of aliphatic carboxylic acids is 1. The van der Waals surface area contributed by atoms with Crippen molar-refractivity contribution in [3.05, 3.63) is 65.7 Å². The molecule has 2 saturated heterocycles. The molecule has 10 heteroatoms. The molecule has 4 N–H and O–H groups in total. The Morgan fingerprint density at radius 1 is 0.932 bits per heavy atom. The van der Waals surface area contributed by atoms with Gasteiger partial charge in [0.2, 0.25) is 17.7 Å². The Hall–Kier alpha value is -3.92. The lowest BCUT2D eigenvalue weighted by Gasteiger charge is -2.32. The summed E-state index contributed by atoms with van der Waals surface area (Å²) >= 11 is 0. The third kappa shape index (κ3) is 9.05. The number of ether oxygens (including phenoxy) is 1. The van der Waals surface area contributed by atoms with E-state index in [0.717, 1.165) is 29.7 Å².